The number of rotatable bonds is 8. The predicted octanol–water partition coefficient (Wildman–Crippen LogP) is 1.58. The van der Waals surface area contributed by atoms with Gasteiger partial charge < -0.3 is 15.0 Å². The molecule has 2 N–H and O–H groups in total. The Balaban J connectivity index is 2.54. The summed E-state index contributed by atoms with van der Waals surface area (Å²) in [4.78, 5) is 4.30. The predicted molar refractivity (Wildman–Crippen MR) is 69.0 cm³/mol. The maximum Gasteiger partial charge on any atom is 0.227 e. The third kappa shape index (κ3) is 4.65. The van der Waals surface area contributed by atoms with Gasteiger partial charge in [-0.3, -0.25) is 0 Å². The Bertz CT molecular complexity index is 328. The van der Waals surface area contributed by atoms with E-state index in [0.29, 0.717) is 24.9 Å². The maximum atomic E-state index is 6.11. The third-order valence-corrected chi connectivity index (χ3v) is 2.86. The molecule has 1 unspecified atom stereocenters. The van der Waals surface area contributed by atoms with E-state index in [1.807, 2.05) is 13.2 Å². The standard InChI is InChI=1S/C11H21N3O2S/c1-4-6-15-8-11(2,12)10-13-9(16-14-10)5-7-17-3/h4-8,12H2,1-3H3. The third-order valence-electron chi connectivity index (χ3n) is 2.25. The summed E-state index contributed by atoms with van der Waals surface area (Å²) < 4.78 is 10.6. The molecule has 0 aliphatic rings. The average Bonchev–Trinajstić information content (AvgIpc) is 2.76. The zero-order chi connectivity index (χ0) is 12.7. The lowest BCUT2D eigenvalue weighted by Crippen LogP contribution is -2.39. The van der Waals surface area contributed by atoms with Crippen molar-refractivity contribution in [2.45, 2.75) is 32.2 Å². The number of ether oxygens (including phenoxy) is 1. The molecule has 1 heterocycles. The van der Waals surface area contributed by atoms with Crippen molar-refractivity contribution in [1.29, 1.82) is 0 Å². The van der Waals surface area contributed by atoms with Crippen LogP contribution in [0.3, 0.4) is 0 Å². The van der Waals surface area contributed by atoms with E-state index in [1.54, 1.807) is 11.8 Å². The fourth-order valence-corrected chi connectivity index (χ4v) is 1.65. The van der Waals surface area contributed by atoms with Crippen molar-refractivity contribution in [1.82, 2.24) is 10.1 Å². The molecule has 0 spiro atoms. The molecule has 0 saturated carbocycles. The molecule has 0 saturated heterocycles. The summed E-state index contributed by atoms with van der Waals surface area (Å²) in [5, 5.41) is 3.92. The Kier molecular flexibility index (Phi) is 5.94. The van der Waals surface area contributed by atoms with Gasteiger partial charge in [-0.05, 0) is 19.6 Å². The Morgan fingerprint density at radius 1 is 1.53 bits per heavy atom. The van der Waals surface area contributed by atoms with Crippen LogP contribution >= 0.6 is 11.8 Å². The van der Waals surface area contributed by atoms with Crippen LogP contribution in [-0.4, -0.2) is 35.4 Å². The minimum Gasteiger partial charge on any atom is -0.379 e. The second kappa shape index (κ2) is 6.98. The Hall–Kier alpha value is -0.590. The summed E-state index contributed by atoms with van der Waals surface area (Å²) in [7, 11) is 0. The highest BCUT2D eigenvalue weighted by Crippen LogP contribution is 2.15. The van der Waals surface area contributed by atoms with E-state index in [4.69, 9.17) is 15.0 Å². The summed E-state index contributed by atoms with van der Waals surface area (Å²) in [6.45, 7) is 5.01. The first-order valence-corrected chi connectivity index (χ1v) is 7.18. The molecule has 0 aromatic carbocycles. The van der Waals surface area contributed by atoms with Crippen LogP contribution in [0.4, 0.5) is 0 Å². The van der Waals surface area contributed by atoms with Crippen molar-refractivity contribution in [3.63, 3.8) is 0 Å². The van der Waals surface area contributed by atoms with Gasteiger partial charge in [0.1, 0.15) is 5.54 Å². The Morgan fingerprint density at radius 3 is 2.94 bits per heavy atom. The summed E-state index contributed by atoms with van der Waals surface area (Å²) in [6, 6.07) is 0. The molecule has 0 radical (unpaired) electrons. The van der Waals surface area contributed by atoms with Crippen molar-refractivity contribution >= 4 is 11.8 Å². The van der Waals surface area contributed by atoms with Gasteiger partial charge in [0.2, 0.25) is 5.89 Å². The van der Waals surface area contributed by atoms with Crippen LogP contribution in [0.15, 0.2) is 4.52 Å². The minimum atomic E-state index is -0.684. The highest BCUT2D eigenvalue weighted by Gasteiger charge is 2.27. The molecule has 6 heteroatoms. The molecule has 0 amide bonds. The van der Waals surface area contributed by atoms with Gasteiger partial charge in [-0.2, -0.15) is 16.7 Å². The van der Waals surface area contributed by atoms with Crippen LogP contribution in [-0.2, 0) is 16.7 Å². The van der Waals surface area contributed by atoms with Crippen LogP contribution in [0.2, 0.25) is 0 Å². The molecule has 0 fully saturated rings. The van der Waals surface area contributed by atoms with Crippen LogP contribution in [0, 0.1) is 0 Å². The molecule has 1 aromatic rings. The summed E-state index contributed by atoms with van der Waals surface area (Å²) >= 11 is 1.75. The zero-order valence-electron chi connectivity index (χ0n) is 10.7. The first kappa shape index (κ1) is 14.5. The molecule has 17 heavy (non-hydrogen) atoms. The monoisotopic (exact) mass is 259 g/mol. The van der Waals surface area contributed by atoms with Crippen molar-refractivity contribution in [3.05, 3.63) is 11.7 Å². The molecular weight excluding hydrogens is 238 g/mol. The van der Waals surface area contributed by atoms with E-state index in [9.17, 15) is 0 Å². The quantitative estimate of drug-likeness (QED) is 0.714. The van der Waals surface area contributed by atoms with Gasteiger partial charge in [-0.25, -0.2) is 0 Å². The van der Waals surface area contributed by atoms with Gasteiger partial charge in [0.25, 0.3) is 0 Å². The van der Waals surface area contributed by atoms with Gasteiger partial charge in [-0.1, -0.05) is 12.1 Å². The SMILES string of the molecule is CCCOCC(C)(N)c1noc(CCSC)n1. The van der Waals surface area contributed by atoms with Crippen molar-refractivity contribution in [2.75, 3.05) is 25.2 Å². The number of aromatic nitrogens is 2. The maximum absolute atomic E-state index is 6.11. The highest BCUT2D eigenvalue weighted by atomic mass is 32.2. The van der Waals surface area contributed by atoms with E-state index in [0.717, 1.165) is 18.6 Å². The molecule has 1 rings (SSSR count). The van der Waals surface area contributed by atoms with Gasteiger partial charge in [0.05, 0.1) is 6.61 Å². The molecule has 0 bridgehead atoms. The average molecular weight is 259 g/mol. The smallest absolute Gasteiger partial charge is 0.227 e. The van der Waals surface area contributed by atoms with Crippen LogP contribution in [0.5, 0.6) is 0 Å². The van der Waals surface area contributed by atoms with Crippen molar-refractivity contribution in [3.8, 4) is 0 Å². The van der Waals surface area contributed by atoms with Crippen molar-refractivity contribution in [2.24, 2.45) is 5.73 Å². The summed E-state index contributed by atoms with van der Waals surface area (Å²) in [6.07, 6.45) is 3.80. The fraction of sp³-hybridized carbons (Fsp3) is 0.818. The normalized spacial score (nSPS) is 14.8. The minimum absolute atomic E-state index is 0.405. The first-order valence-electron chi connectivity index (χ1n) is 5.78. The Labute approximate surface area is 106 Å². The molecule has 98 valence electrons. The molecule has 0 aliphatic heterocycles. The number of aryl methyl sites for hydroxylation is 1. The number of hydrogen-bond donors (Lipinski definition) is 1. The number of hydrogen-bond acceptors (Lipinski definition) is 6. The lowest BCUT2D eigenvalue weighted by Gasteiger charge is -2.19. The number of nitrogens with zero attached hydrogens (tertiary/aromatic N) is 2. The molecular formula is C11H21N3O2S. The molecule has 1 aromatic heterocycles. The van der Waals surface area contributed by atoms with E-state index < -0.39 is 5.54 Å². The summed E-state index contributed by atoms with van der Waals surface area (Å²) in [5.74, 6) is 2.13. The molecule has 5 nitrogen and oxygen atoms in total. The second-order valence-electron chi connectivity index (χ2n) is 4.22. The van der Waals surface area contributed by atoms with Gasteiger partial charge in [-0.15, -0.1) is 0 Å². The zero-order valence-corrected chi connectivity index (χ0v) is 11.5. The molecule has 0 aliphatic carbocycles. The van der Waals surface area contributed by atoms with E-state index in [2.05, 4.69) is 17.1 Å². The van der Waals surface area contributed by atoms with Crippen LogP contribution in [0.1, 0.15) is 32.0 Å². The first-order chi connectivity index (χ1) is 8.10. The van der Waals surface area contributed by atoms with Crippen LogP contribution in [0.25, 0.3) is 0 Å². The van der Waals surface area contributed by atoms with E-state index in [-0.39, 0.29) is 0 Å². The largest absolute Gasteiger partial charge is 0.379 e. The van der Waals surface area contributed by atoms with Gasteiger partial charge >= 0.3 is 0 Å². The lowest BCUT2D eigenvalue weighted by atomic mass is 10.1. The van der Waals surface area contributed by atoms with Crippen molar-refractivity contribution < 1.29 is 9.26 Å². The fourth-order valence-electron chi connectivity index (χ4n) is 1.27. The molecule has 1 atom stereocenters. The number of nitrogens with two attached hydrogens (primary N) is 1. The van der Waals surface area contributed by atoms with Gasteiger partial charge in [0, 0.05) is 18.8 Å². The van der Waals surface area contributed by atoms with E-state index >= 15 is 0 Å². The second-order valence-corrected chi connectivity index (χ2v) is 5.21. The van der Waals surface area contributed by atoms with Crippen LogP contribution < -0.4 is 5.73 Å². The van der Waals surface area contributed by atoms with E-state index in [1.165, 1.54) is 0 Å². The highest BCUT2D eigenvalue weighted by molar-refractivity contribution is 7.98. The Morgan fingerprint density at radius 2 is 2.29 bits per heavy atom. The lowest BCUT2D eigenvalue weighted by molar-refractivity contribution is 0.0867. The topological polar surface area (TPSA) is 74.2 Å². The number of thioether (sulfide) groups is 1. The summed E-state index contributed by atoms with van der Waals surface area (Å²) in [5.41, 5.74) is 5.42. The van der Waals surface area contributed by atoms with Gasteiger partial charge in [0.15, 0.2) is 5.82 Å².